The van der Waals surface area contributed by atoms with Crippen LogP contribution in [0.3, 0.4) is 0 Å². The number of rotatable bonds is 2. The summed E-state index contributed by atoms with van der Waals surface area (Å²) >= 11 is 3.16. The molecule has 1 N–H and O–H groups in total. The monoisotopic (exact) mass is 286 g/mol. The quantitative estimate of drug-likeness (QED) is 0.509. The van der Waals surface area contributed by atoms with Gasteiger partial charge in [0.15, 0.2) is 11.4 Å². The molecule has 1 aromatic rings. The minimum Gasteiger partial charge on any atom is -0.488 e. The van der Waals surface area contributed by atoms with Crippen LogP contribution in [0.2, 0.25) is 0 Å². The molecule has 2 rings (SSSR count). The van der Waals surface area contributed by atoms with Crippen LogP contribution >= 0.6 is 15.9 Å². The van der Waals surface area contributed by atoms with Gasteiger partial charge < -0.3 is 14.8 Å². The van der Waals surface area contributed by atoms with E-state index in [-0.39, 0.29) is 18.0 Å². The summed E-state index contributed by atoms with van der Waals surface area (Å²) in [5.41, 5.74) is 0.132. The van der Waals surface area contributed by atoms with Gasteiger partial charge in [0.1, 0.15) is 18.9 Å². The molecular weight excluding hydrogens is 280 g/mol. The van der Waals surface area contributed by atoms with Crippen LogP contribution in [-0.4, -0.2) is 23.9 Å². The predicted molar refractivity (Wildman–Crippen MR) is 59.8 cm³/mol. The first-order chi connectivity index (χ1) is 7.61. The zero-order valence-corrected chi connectivity index (χ0v) is 9.56. The van der Waals surface area contributed by atoms with E-state index < -0.39 is 11.0 Å². The molecule has 0 radical (unpaired) electrons. The summed E-state index contributed by atoms with van der Waals surface area (Å²) in [5, 5.41) is 13.6. The second kappa shape index (κ2) is 4.09. The Morgan fingerprint density at radius 2 is 2.38 bits per heavy atom. The van der Waals surface area contributed by atoms with E-state index in [4.69, 9.17) is 4.74 Å². The van der Waals surface area contributed by atoms with E-state index in [0.717, 1.165) is 0 Å². The maximum absolute atomic E-state index is 10.8. The highest BCUT2D eigenvalue weighted by Gasteiger charge is 2.27. The van der Waals surface area contributed by atoms with Crippen LogP contribution in [0.15, 0.2) is 16.6 Å². The standard InChI is InChI=1S/C9H7BrN2O4/c10-5-1-7(12(14)15)9-8(2-5)16-4-6(3-13)11-9/h1-3,6,11H,4H2. The molecule has 84 valence electrons. The first-order valence-electron chi connectivity index (χ1n) is 4.44. The van der Waals surface area contributed by atoms with Gasteiger partial charge in [-0.3, -0.25) is 10.1 Å². The molecule has 1 atom stereocenters. The van der Waals surface area contributed by atoms with Gasteiger partial charge in [0.2, 0.25) is 0 Å². The number of carbonyl (C=O) groups is 1. The molecule has 16 heavy (non-hydrogen) atoms. The van der Waals surface area contributed by atoms with Gasteiger partial charge >= 0.3 is 0 Å². The maximum Gasteiger partial charge on any atom is 0.297 e. The number of aldehydes is 1. The molecule has 1 aromatic carbocycles. The average Bonchev–Trinajstić information content (AvgIpc) is 2.27. The van der Waals surface area contributed by atoms with E-state index in [1.54, 1.807) is 6.07 Å². The van der Waals surface area contributed by atoms with Crippen LogP contribution in [0, 0.1) is 10.1 Å². The zero-order chi connectivity index (χ0) is 11.7. The molecule has 0 aliphatic carbocycles. The van der Waals surface area contributed by atoms with Crippen molar-refractivity contribution in [1.29, 1.82) is 0 Å². The predicted octanol–water partition coefficient (Wildman–Crippen LogP) is 1.73. The summed E-state index contributed by atoms with van der Waals surface area (Å²) in [6, 6.07) is 2.44. The van der Waals surface area contributed by atoms with Gasteiger partial charge in [0.25, 0.3) is 5.69 Å². The van der Waals surface area contributed by atoms with Crippen LogP contribution in [-0.2, 0) is 4.79 Å². The van der Waals surface area contributed by atoms with E-state index in [0.29, 0.717) is 16.5 Å². The van der Waals surface area contributed by atoms with Gasteiger partial charge in [0.05, 0.1) is 4.92 Å². The molecular formula is C9H7BrN2O4. The lowest BCUT2D eigenvalue weighted by molar-refractivity contribution is -0.384. The molecule has 0 spiro atoms. The number of halogens is 1. The van der Waals surface area contributed by atoms with Crippen molar-refractivity contribution in [2.45, 2.75) is 6.04 Å². The molecule has 0 bridgehead atoms. The fraction of sp³-hybridized carbons (Fsp3) is 0.222. The third kappa shape index (κ3) is 1.85. The Kier molecular flexibility index (Phi) is 2.78. The van der Waals surface area contributed by atoms with Gasteiger partial charge in [-0.05, 0) is 6.07 Å². The number of carbonyl (C=O) groups excluding carboxylic acids is 1. The molecule has 1 aliphatic heterocycles. The first-order valence-corrected chi connectivity index (χ1v) is 5.23. The molecule has 0 saturated carbocycles. The van der Waals surface area contributed by atoms with Gasteiger partial charge in [0, 0.05) is 10.5 Å². The Morgan fingerprint density at radius 1 is 1.62 bits per heavy atom. The lowest BCUT2D eigenvalue weighted by atomic mass is 10.2. The number of hydrogen-bond acceptors (Lipinski definition) is 5. The Labute approximate surface area is 98.9 Å². The van der Waals surface area contributed by atoms with E-state index in [2.05, 4.69) is 21.2 Å². The number of nitro benzene ring substituents is 1. The fourth-order valence-corrected chi connectivity index (χ4v) is 1.88. The molecule has 0 saturated heterocycles. The Bertz CT molecular complexity index is 463. The SMILES string of the molecule is O=CC1COc2cc(Br)cc([N+](=O)[O-])c2N1. The third-order valence-electron chi connectivity index (χ3n) is 2.16. The van der Waals surface area contributed by atoms with Crippen molar-refractivity contribution in [1.82, 2.24) is 0 Å². The van der Waals surface area contributed by atoms with Crippen molar-refractivity contribution >= 4 is 33.6 Å². The van der Waals surface area contributed by atoms with Crippen molar-refractivity contribution in [3.63, 3.8) is 0 Å². The number of benzene rings is 1. The average molecular weight is 287 g/mol. The minimum atomic E-state index is -0.549. The highest BCUT2D eigenvalue weighted by Crippen LogP contribution is 2.39. The molecule has 0 fully saturated rings. The lowest BCUT2D eigenvalue weighted by Crippen LogP contribution is -2.32. The lowest BCUT2D eigenvalue weighted by Gasteiger charge is -2.23. The van der Waals surface area contributed by atoms with Crippen molar-refractivity contribution in [2.75, 3.05) is 11.9 Å². The van der Waals surface area contributed by atoms with Crippen LogP contribution in [0.5, 0.6) is 5.75 Å². The molecule has 0 amide bonds. The van der Waals surface area contributed by atoms with Gasteiger partial charge in [-0.25, -0.2) is 0 Å². The van der Waals surface area contributed by atoms with Crippen LogP contribution in [0.25, 0.3) is 0 Å². The number of ether oxygens (including phenoxy) is 1. The van der Waals surface area contributed by atoms with E-state index >= 15 is 0 Å². The smallest absolute Gasteiger partial charge is 0.297 e. The van der Waals surface area contributed by atoms with Crippen molar-refractivity contribution in [3.05, 3.63) is 26.7 Å². The van der Waals surface area contributed by atoms with E-state index in [1.807, 2.05) is 0 Å². The Morgan fingerprint density at radius 3 is 3.00 bits per heavy atom. The van der Waals surface area contributed by atoms with E-state index in [1.165, 1.54) is 6.07 Å². The molecule has 1 heterocycles. The van der Waals surface area contributed by atoms with Gasteiger partial charge in [-0.1, -0.05) is 15.9 Å². The van der Waals surface area contributed by atoms with Gasteiger partial charge in [-0.2, -0.15) is 0 Å². The van der Waals surface area contributed by atoms with Crippen LogP contribution in [0.1, 0.15) is 0 Å². The summed E-state index contributed by atoms with van der Waals surface area (Å²) in [5.74, 6) is 0.374. The van der Waals surface area contributed by atoms with Crippen LogP contribution in [0.4, 0.5) is 11.4 Å². The number of nitrogens with one attached hydrogen (secondary N) is 1. The molecule has 7 heteroatoms. The molecule has 0 aromatic heterocycles. The van der Waals surface area contributed by atoms with Crippen molar-refractivity contribution in [3.8, 4) is 5.75 Å². The minimum absolute atomic E-state index is 0.115. The molecule has 1 unspecified atom stereocenters. The number of fused-ring (bicyclic) bond motifs is 1. The summed E-state index contributed by atoms with van der Waals surface area (Å²) in [7, 11) is 0. The number of hydrogen-bond donors (Lipinski definition) is 1. The van der Waals surface area contributed by atoms with Crippen molar-refractivity contribution < 1.29 is 14.5 Å². The number of anilines is 1. The second-order valence-corrected chi connectivity index (χ2v) is 4.17. The first kappa shape index (κ1) is 10.9. The summed E-state index contributed by atoms with van der Waals surface area (Å²) in [4.78, 5) is 20.9. The maximum atomic E-state index is 10.8. The second-order valence-electron chi connectivity index (χ2n) is 3.25. The topological polar surface area (TPSA) is 81.5 Å². The summed E-state index contributed by atoms with van der Waals surface area (Å²) in [6.07, 6.45) is 0.661. The largest absolute Gasteiger partial charge is 0.488 e. The van der Waals surface area contributed by atoms with Gasteiger partial charge in [-0.15, -0.1) is 0 Å². The molecule has 1 aliphatic rings. The van der Waals surface area contributed by atoms with Crippen molar-refractivity contribution in [2.24, 2.45) is 0 Å². The summed E-state index contributed by atoms with van der Waals surface area (Å²) < 4.78 is 5.83. The normalized spacial score (nSPS) is 17.9. The summed E-state index contributed by atoms with van der Waals surface area (Å²) in [6.45, 7) is 0.171. The Balaban J connectivity index is 2.51. The zero-order valence-electron chi connectivity index (χ0n) is 7.97. The Hall–Kier alpha value is -1.63. The third-order valence-corrected chi connectivity index (χ3v) is 2.61. The number of nitrogens with zero attached hydrogens (tertiary/aromatic N) is 1. The van der Waals surface area contributed by atoms with Crippen LogP contribution < -0.4 is 10.1 Å². The molecule has 6 nitrogen and oxygen atoms in total. The van der Waals surface area contributed by atoms with E-state index in [9.17, 15) is 14.9 Å². The number of nitro groups is 1. The fourth-order valence-electron chi connectivity index (χ4n) is 1.45. The highest BCUT2D eigenvalue weighted by molar-refractivity contribution is 9.10. The highest BCUT2D eigenvalue weighted by atomic mass is 79.9.